The third-order valence-corrected chi connectivity index (χ3v) is 7.33. The van der Waals surface area contributed by atoms with Crippen LogP contribution in [0.5, 0.6) is 11.5 Å². The zero-order valence-corrected chi connectivity index (χ0v) is 18.4. The molecule has 2 aromatic carbocycles. The van der Waals surface area contributed by atoms with Crippen LogP contribution in [0.1, 0.15) is 11.1 Å². The van der Waals surface area contributed by atoms with E-state index in [0.717, 1.165) is 33.6 Å². The zero-order chi connectivity index (χ0) is 20.3. The Morgan fingerprint density at radius 3 is 2.31 bits per heavy atom. The first kappa shape index (κ1) is 20.4. The molecule has 0 saturated carbocycles. The van der Waals surface area contributed by atoms with Crippen molar-refractivity contribution >= 4 is 32.0 Å². The van der Waals surface area contributed by atoms with E-state index in [0.29, 0.717) is 39.4 Å². The van der Waals surface area contributed by atoms with Crippen LogP contribution in [0.3, 0.4) is 0 Å². The number of nitrogens with zero attached hydrogens (tertiary/aromatic N) is 2. The van der Waals surface area contributed by atoms with Crippen molar-refractivity contribution in [2.45, 2.75) is 6.54 Å². The van der Waals surface area contributed by atoms with Crippen LogP contribution in [0.15, 0.2) is 52.3 Å². The van der Waals surface area contributed by atoms with E-state index in [1.54, 1.807) is 10.4 Å². The molecule has 0 radical (unpaired) electrons. The van der Waals surface area contributed by atoms with Crippen LogP contribution in [-0.2, 0) is 16.6 Å². The highest BCUT2D eigenvalue weighted by molar-refractivity contribution is 9.10. The Bertz CT molecular complexity index is 987. The Labute approximate surface area is 179 Å². The van der Waals surface area contributed by atoms with Crippen molar-refractivity contribution in [1.29, 1.82) is 0 Å². The molecule has 8 heteroatoms. The molecule has 0 N–H and O–H groups in total. The SMILES string of the molecule is O=S(=O)(C=Cc1ccccc1)N1CCN(Cc2cc3c(cc2Br)OCCO3)CC1. The smallest absolute Gasteiger partial charge is 0.236 e. The van der Waals surface area contributed by atoms with Crippen molar-refractivity contribution in [2.24, 2.45) is 0 Å². The average molecular weight is 479 g/mol. The molecule has 2 aromatic rings. The van der Waals surface area contributed by atoms with Crippen molar-refractivity contribution in [1.82, 2.24) is 9.21 Å². The lowest BCUT2D eigenvalue weighted by Crippen LogP contribution is -2.47. The van der Waals surface area contributed by atoms with Crippen molar-refractivity contribution < 1.29 is 17.9 Å². The molecule has 0 spiro atoms. The van der Waals surface area contributed by atoms with Gasteiger partial charge in [-0.1, -0.05) is 46.3 Å². The summed E-state index contributed by atoms with van der Waals surface area (Å²) in [7, 11) is -3.42. The highest BCUT2D eigenvalue weighted by atomic mass is 79.9. The number of sulfonamides is 1. The van der Waals surface area contributed by atoms with E-state index < -0.39 is 10.0 Å². The van der Waals surface area contributed by atoms with Crippen LogP contribution in [-0.4, -0.2) is 57.0 Å². The van der Waals surface area contributed by atoms with Gasteiger partial charge in [0.2, 0.25) is 10.0 Å². The molecule has 0 aromatic heterocycles. The normalized spacial score (nSPS) is 18.2. The summed E-state index contributed by atoms with van der Waals surface area (Å²) in [4.78, 5) is 2.25. The van der Waals surface area contributed by atoms with E-state index in [9.17, 15) is 8.42 Å². The van der Waals surface area contributed by atoms with Gasteiger partial charge in [0.25, 0.3) is 0 Å². The molecular formula is C21H23BrN2O4S. The second-order valence-corrected chi connectivity index (χ2v) is 9.69. The first-order chi connectivity index (χ1) is 14.0. The van der Waals surface area contributed by atoms with Gasteiger partial charge in [-0.15, -0.1) is 0 Å². The maximum atomic E-state index is 12.6. The van der Waals surface area contributed by atoms with Crippen molar-refractivity contribution in [2.75, 3.05) is 39.4 Å². The molecule has 1 saturated heterocycles. The van der Waals surface area contributed by atoms with Crippen LogP contribution in [0.4, 0.5) is 0 Å². The summed E-state index contributed by atoms with van der Waals surface area (Å²) in [6.45, 7) is 4.16. The fraction of sp³-hybridized carbons (Fsp3) is 0.333. The molecule has 0 bridgehead atoms. The minimum atomic E-state index is -3.42. The van der Waals surface area contributed by atoms with E-state index in [-0.39, 0.29) is 0 Å². The predicted octanol–water partition coefficient (Wildman–Crippen LogP) is 3.34. The van der Waals surface area contributed by atoms with Gasteiger partial charge in [0.15, 0.2) is 11.5 Å². The topological polar surface area (TPSA) is 59.1 Å². The summed E-state index contributed by atoms with van der Waals surface area (Å²) in [5, 5.41) is 1.30. The van der Waals surface area contributed by atoms with Crippen molar-refractivity contribution in [3.63, 3.8) is 0 Å². The molecule has 0 aliphatic carbocycles. The van der Waals surface area contributed by atoms with Gasteiger partial charge in [0.05, 0.1) is 0 Å². The van der Waals surface area contributed by atoms with E-state index >= 15 is 0 Å². The monoisotopic (exact) mass is 478 g/mol. The van der Waals surface area contributed by atoms with Gasteiger partial charge in [-0.25, -0.2) is 8.42 Å². The van der Waals surface area contributed by atoms with E-state index in [1.807, 2.05) is 42.5 Å². The van der Waals surface area contributed by atoms with Gasteiger partial charge in [0, 0.05) is 42.6 Å². The molecule has 2 aliphatic rings. The Balaban J connectivity index is 1.36. The Morgan fingerprint density at radius 2 is 1.62 bits per heavy atom. The number of hydrogen-bond donors (Lipinski definition) is 0. The van der Waals surface area contributed by atoms with Gasteiger partial charge in [-0.2, -0.15) is 4.31 Å². The molecule has 2 aliphatic heterocycles. The van der Waals surface area contributed by atoms with E-state index in [2.05, 4.69) is 20.8 Å². The number of fused-ring (bicyclic) bond motifs is 1. The highest BCUT2D eigenvalue weighted by Gasteiger charge is 2.26. The lowest BCUT2D eigenvalue weighted by atomic mass is 10.1. The van der Waals surface area contributed by atoms with Gasteiger partial charge in [-0.05, 0) is 29.3 Å². The van der Waals surface area contributed by atoms with Crippen LogP contribution >= 0.6 is 15.9 Å². The van der Waals surface area contributed by atoms with Crippen LogP contribution in [0, 0.1) is 0 Å². The van der Waals surface area contributed by atoms with E-state index in [4.69, 9.17) is 9.47 Å². The largest absolute Gasteiger partial charge is 0.486 e. The average Bonchev–Trinajstić information content (AvgIpc) is 2.74. The summed E-state index contributed by atoms with van der Waals surface area (Å²) in [6, 6.07) is 13.4. The predicted molar refractivity (Wildman–Crippen MR) is 116 cm³/mol. The molecule has 4 rings (SSSR count). The quantitative estimate of drug-likeness (QED) is 0.659. The lowest BCUT2D eigenvalue weighted by Gasteiger charge is -2.33. The van der Waals surface area contributed by atoms with Crippen LogP contribution in [0.2, 0.25) is 0 Å². The zero-order valence-electron chi connectivity index (χ0n) is 16.0. The third kappa shape index (κ3) is 5.01. The van der Waals surface area contributed by atoms with Crippen molar-refractivity contribution in [3.8, 4) is 11.5 Å². The first-order valence-electron chi connectivity index (χ1n) is 9.55. The Kier molecular flexibility index (Phi) is 6.24. The summed E-state index contributed by atoms with van der Waals surface area (Å²) in [5.41, 5.74) is 1.98. The molecule has 2 heterocycles. The summed E-state index contributed by atoms with van der Waals surface area (Å²) < 4.78 is 39.0. The minimum absolute atomic E-state index is 0.476. The van der Waals surface area contributed by atoms with Gasteiger partial charge < -0.3 is 9.47 Å². The lowest BCUT2D eigenvalue weighted by molar-refractivity contribution is 0.168. The second kappa shape index (κ2) is 8.87. The molecule has 154 valence electrons. The fourth-order valence-corrected chi connectivity index (χ4v) is 5.05. The maximum absolute atomic E-state index is 12.6. The number of halogens is 1. The molecule has 0 unspecified atom stereocenters. The van der Waals surface area contributed by atoms with Gasteiger partial charge in [-0.3, -0.25) is 4.90 Å². The van der Waals surface area contributed by atoms with E-state index in [1.165, 1.54) is 5.41 Å². The number of ether oxygens (including phenoxy) is 2. The highest BCUT2D eigenvalue weighted by Crippen LogP contribution is 2.36. The maximum Gasteiger partial charge on any atom is 0.236 e. The summed E-state index contributed by atoms with van der Waals surface area (Å²) in [5.74, 6) is 1.52. The molecule has 0 atom stereocenters. The summed E-state index contributed by atoms with van der Waals surface area (Å²) >= 11 is 3.61. The minimum Gasteiger partial charge on any atom is -0.486 e. The number of benzene rings is 2. The Morgan fingerprint density at radius 1 is 0.966 bits per heavy atom. The van der Waals surface area contributed by atoms with Gasteiger partial charge in [0.1, 0.15) is 13.2 Å². The van der Waals surface area contributed by atoms with Crippen molar-refractivity contribution in [3.05, 3.63) is 63.5 Å². The number of rotatable bonds is 5. The summed E-state index contributed by atoms with van der Waals surface area (Å²) in [6.07, 6.45) is 1.65. The molecule has 29 heavy (non-hydrogen) atoms. The molecule has 6 nitrogen and oxygen atoms in total. The molecule has 0 amide bonds. The standard InChI is InChI=1S/C21H23BrN2O4S/c22-19-15-21-20(27-11-12-28-21)14-18(19)16-23-7-9-24(10-8-23)29(25,26)13-6-17-4-2-1-3-5-17/h1-6,13-15H,7-12,16H2. The van der Waals surface area contributed by atoms with Crippen LogP contribution in [0.25, 0.3) is 6.08 Å². The third-order valence-electron chi connectivity index (χ3n) is 5.03. The fourth-order valence-electron chi connectivity index (χ4n) is 3.43. The number of piperazine rings is 1. The Hall–Kier alpha value is -1.87. The first-order valence-corrected chi connectivity index (χ1v) is 11.8. The van der Waals surface area contributed by atoms with Gasteiger partial charge >= 0.3 is 0 Å². The number of hydrogen-bond acceptors (Lipinski definition) is 5. The molecular weight excluding hydrogens is 456 g/mol. The second-order valence-electron chi connectivity index (χ2n) is 7.02. The van der Waals surface area contributed by atoms with Crippen LogP contribution < -0.4 is 9.47 Å². The molecule has 1 fully saturated rings.